The summed E-state index contributed by atoms with van der Waals surface area (Å²) in [7, 11) is 0. The summed E-state index contributed by atoms with van der Waals surface area (Å²) in [5, 5.41) is 6.75. The van der Waals surface area contributed by atoms with Crippen molar-refractivity contribution in [3.63, 3.8) is 0 Å². The van der Waals surface area contributed by atoms with Gasteiger partial charge in [0.05, 0.1) is 17.3 Å². The molecule has 0 spiro atoms. The predicted octanol–water partition coefficient (Wildman–Crippen LogP) is 3.77. The van der Waals surface area contributed by atoms with E-state index in [0.29, 0.717) is 11.4 Å². The smallest absolute Gasteiger partial charge is 0.229 e. The summed E-state index contributed by atoms with van der Waals surface area (Å²) >= 11 is 3.43. The Labute approximate surface area is 169 Å². The fourth-order valence-corrected chi connectivity index (χ4v) is 3.75. The van der Waals surface area contributed by atoms with E-state index >= 15 is 0 Å². The van der Waals surface area contributed by atoms with Gasteiger partial charge in [-0.2, -0.15) is 5.10 Å². The van der Waals surface area contributed by atoms with Gasteiger partial charge < -0.3 is 10.2 Å². The fourth-order valence-electron chi connectivity index (χ4n) is 3.25. The molecule has 2 aromatic carbocycles. The molecule has 6 nitrogen and oxygen atoms in total. The van der Waals surface area contributed by atoms with Crippen LogP contribution in [0.2, 0.25) is 0 Å². The lowest BCUT2D eigenvalue weighted by molar-refractivity contribution is -0.122. The van der Waals surface area contributed by atoms with Crippen LogP contribution < -0.4 is 10.2 Å². The molecule has 2 amide bonds. The molecular weight excluding hydrogens is 427 g/mol. The van der Waals surface area contributed by atoms with Crippen molar-refractivity contribution in [3.05, 3.63) is 71.2 Å². The normalized spacial score (nSPS) is 16.4. The Balaban J connectivity index is 1.56. The maximum atomic E-state index is 14.4. The number of anilines is 2. The number of carbonyl (C=O) groups is 2. The van der Waals surface area contributed by atoms with E-state index in [4.69, 9.17) is 0 Å². The SMILES string of the molecule is O=C(Nc1c(F)cccc1-n1cccn1)C1CC(=O)N(c2ccccc2Br)C1. The van der Waals surface area contributed by atoms with E-state index in [0.717, 1.165) is 4.47 Å². The summed E-state index contributed by atoms with van der Waals surface area (Å²) < 4.78 is 16.7. The van der Waals surface area contributed by atoms with E-state index in [-0.39, 0.29) is 24.6 Å². The molecule has 4 rings (SSSR count). The highest BCUT2D eigenvalue weighted by molar-refractivity contribution is 9.10. The Kier molecular flexibility index (Phi) is 4.95. The molecule has 1 aliphatic heterocycles. The second kappa shape index (κ2) is 7.55. The van der Waals surface area contributed by atoms with Crippen LogP contribution in [-0.4, -0.2) is 28.1 Å². The molecule has 1 atom stereocenters. The summed E-state index contributed by atoms with van der Waals surface area (Å²) in [5.41, 5.74) is 1.18. The Bertz CT molecular complexity index is 1040. The minimum atomic E-state index is -0.579. The van der Waals surface area contributed by atoms with Gasteiger partial charge in [-0.15, -0.1) is 0 Å². The lowest BCUT2D eigenvalue weighted by Gasteiger charge is -2.18. The molecule has 8 heteroatoms. The third-order valence-electron chi connectivity index (χ3n) is 4.63. The van der Waals surface area contributed by atoms with Gasteiger partial charge in [-0.1, -0.05) is 18.2 Å². The molecular formula is C20H16BrFN4O2. The molecule has 0 bridgehead atoms. The number of carbonyl (C=O) groups excluding carboxylic acids is 2. The zero-order chi connectivity index (χ0) is 19.7. The molecule has 3 aromatic rings. The average molecular weight is 443 g/mol. The first-order valence-electron chi connectivity index (χ1n) is 8.69. The zero-order valence-electron chi connectivity index (χ0n) is 14.7. The average Bonchev–Trinajstić information content (AvgIpc) is 3.34. The van der Waals surface area contributed by atoms with Gasteiger partial charge in [-0.25, -0.2) is 9.07 Å². The van der Waals surface area contributed by atoms with Crippen molar-refractivity contribution in [2.24, 2.45) is 5.92 Å². The highest BCUT2D eigenvalue weighted by Gasteiger charge is 2.36. The number of benzene rings is 2. The van der Waals surface area contributed by atoms with Gasteiger partial charge in [0.1, 0.15) is 11.5 Å². The molecule has 0 radical (unpaired) electrons. The number of halogens is 2. The largest absolute Gasteiger partial charge is 0.322 e. The number of para-hydroxylation sites is 2. The molecule has 1 unspecified atom stereocenters. The van der Waals surface area contributed by atoms with Gasteiger partial charge in [0.15, 0.2) is 0 Å². The van der Waals surface area contributed by atoms with Crippen LogP contribution in [0.25, 0.3) is 5.69 Å². The summed E-state index contributed by atoms with van der Waals surface area (Å²) in [6.07, 6.45) is 3.30. The van der Waals surface area contributed by atoms with Gasteiger partial charge in [0, 0.05) is 29.8 Å². The zero-order valence-corrected chi connectivity index (χ0v) is 16.3. The number of hydrogen-bond acceptors (Lipinski definition) is 3. The van der Waals surface area contributed by atoms with E-state index in [2.05, 4.69) is 26.3 Å². The Morgan fingerprint density at radius 2 is 1.93 bits per heavy atom. The molecule has 0 aliphatic carbocycles. The number of rotatable bonds is 4. The lowest BCUT2D eigenvalue weighted by Crippen LogP contribution is -2.28. The van der Waals surface area contributed by atoms with Crippen molar-refractivity contribution >= 4 is 39.1 Å². The second-order valence-electron chi connectivity index (χ2n) is 6.43. The summed E-state index contributed by atoms with van der Waals surface area (Å²) in [6, 6.07) is 13.5. The van der Waals surface area contributed by atoms with Gasteiger partial charge in [-0.05, 0) is 46.3 Å². The predicted molar refractivity (Wildman–Crippen MR) is 107 cm³/mol. The summed E-state index contributed by atoms with van der Waals surface area (Å²) in [6.45, 7) is 0.235. The Hall–Kier alpha value is -3.00. The molecule has 1 aromatic heterocycles. The highest BCUT2D eigenvalue weighted by atomic mass is 79.9. The van der Waals surface area contributed by atoms with Gasteiger partial charge in [0.25, 0.3) is 0 Å². The summed E-state index contributed by atoms with van der Waals surface area (Å²) in [4.78, 5) is 26.8. The third-order valence-corrected chi connectivity index (χ3v) is 5.30. The van der Waals surface area contributed by atoms with Gasteiger partial charge in [-0.3, -0.25) is 9.59 Å². The number of nitrogens with one attached hydrogen (secondary N) is 1. The first kappa shape index (κ1) is 18.4. The van der Waals surface area contributed by atoms with Gasteiger partial charge in [0.2, 0.25) is 11.8 Å². The quantitative estimate of drug-likeness (QED) is 0.668. The van der Waals surface area contributed by atoms with E-state index in [9.17, 15) is 14.0 Å². The van der Waals surface area contributed by atoms with Crippen molar-refractivity contribution in [2.75, 3.05) is 16.8 Å². The highest BCUT2D eigenvalue weighted by Crippen LogP contribution is 2.32. The van der Waals surface area contributed by atoms with Crippen molar-refractivity contribution in [1.29, 1.82) is 0 Å². The number of aromatic nitrogens is 2. The van der Waals surface area contributed by atoms with Crippen LogP contribution in [0.3, 0.4) is 0 Å². The Morgan fingerprint density at radius 3 is 2.68 bits per heavy atom. The van der Waals surface area contributed by atoms with Crippen molar-refractivity contribution in [2.45, 2.75) is 6.42 Å². The maximum absolute atomic E-state index is 14.4. The maximum Gasteiger partial charge on any atom is 0.229 e. The van der Waals surface area contributed by atoms with Crippen LogP contribution in [0.1, 0.15) is 6.42 Å². The summed E-state index contributed by atoms with van der Waals surface area (Å²) in [5.74, 6) is -1.69. The first-order valence-corrected chi connectivity index (χ1v) is 9.48. The molecule has 142 valence electrons. The van der Waals surface area contributed by atoms with Gasteiger partial charge >= 0.3 is 0 Å². The molecule has 0 saturated carbocycles. The van der Waals surface area contributed by atoms with Crippen LogP contribution >= 0.6 is 15.9 Å². The molecule has 1 aliphatic rings. The van der Waals surface area contributed by atoms with E-state index < -0.39 is 17.6 Å². The number of hydrogen-bond donors (Lipinski definition) is 1. The monoisotopic (exact) mass is 442 g/mol. The third kappa shape index (κ3) is 3.43. The molecule has 28 heavy (non-hydrogen) atoms. The molecule has 1 fully saturated rings. The molecule has 1 saturated heterocycles. The topological polar surface area (TPSA) is 67.2 Å². The number of amides is 2. The van der Waals surface area contributed by atoms with E-state index in [1.807, 2.05) is 24.3 Å². The van der Waals surface area contributed by atoms with Crippen LogP contribution in [0.4, 0.5) is 15.8 Å². The van der Waals surface area contributed by atoms with E-state index in [1.165, 1.54) is 10.7 Å². The second-order valence-corrected chi connectivity index (χ2v) is 7.28. The number of nitrogens with zero attached hydrogens (tertiary/aromatic N) is 3. The van der Waals surface area contributed by atoms with Crippen molar-refractivity contribution in [3.8, 4) is 5.69 Å². The molecule has 1 N–H and O–H groups in total. The minimum absolute atomic E-state index is 0.0444. The van der Waals surface area contributed by atoms with Crippen LogP contribution in [0.5, 0.6) is 0 Å². The standard InChI is InChI=1S/C20H16BrFN4O2/c21-14-5-1-2-7-16(14)25-12-13(11-18(25)27)20(28)24-19-15(22)6-3-8-17(19)26-10-4-9-23-26/h1-10,13H,11-12H2,(H,24,28). The van der Waals surface area contributed by atoms with Crippen molar-refractivity contribution < 1.29 is 14.0 Å². The van der Waals surface area contributed by atoms with Crippen LogP contribution in [-0.2, 0) is 9.59 Å². The van der Waals surface area contributed by atoms with Crippen molar-refractivity contribution in [1.82, 2.24) is 9.78 Å². The molecule has 2 heterocycles. The van der Waals surface area contributed by atoms with Crippen LogP contribution in [0, 0.1) is 11.7 Å². The fraction of sp³-hybridized carbons (Fsp3) is 0.150. The first-order chi connectivity index (χ1) is 13.5. The Morgan fingerprint density at radius 1 is 1.14 bits per heavy atom. The van der Waals surface area contributed by atoms with Crippen LogP contribution in [0.15, 0.2) is 65.4 Å². The minimum Gasteiger partial charge on any atom is -0.322 e. The van der Waals surface area contributed by atoms with E-state index in [1.54, 1.807) is 35.5 Å². The lowest BCUT2D eigenvalue weighted by atomic mass is 10.1.